The molecule has 0 heterocycles. The predicted octanol–water partition coefficient (Wildman–Crippen LogP) is 9.92. The molecule has 54 heavy (non-hydrogen) atoms. The minimum atomic E-state index is -3.63. The summed E-state index contributed by atoms with van der Waals surface area (Å²) in [6.07, 6.45) is -0.948. The fourth-order valence-corrected chi connectivity index (χ4v) is 6.10. The summed E-state index contributed by atoms with van der Waals surface area (Å²) in [5, 5.41) is -9.10. The Morgan fingerprint density at radius 2 is 0.778 bits per heavy atom. The first kappa shape index (κ1) is 36.6. The molecule has 0 saturated heterocycles. The van der Waals surface area contributed by atoms with Crippen molar-refractivity contribution < 1.29 is 88.3 Å². The summed E-state index contributed by atoms with van der Waals surface area (Å²) in [6.45, 7) is 0. The fraction of sp³-hybridized carbons (Fsp3) is 0.0303. The lowest BCUT2D eigenvalue weighted by atomic mass is 9.73. The van der Waals surface area contributed by atoms with E-state index in [9.17, 15) is 43.9 Å². The van der Waals surface area contributed by atoms with Gasteiger partial charge in [-0.1, -0.05) is 12.1 Å². The second kappa shape index (κ2) is 12.4. The third-order valence-corrected chi connectivity index (χ3v) is 8.47. The average Bonchev–Trinajstić information content (AvgIpc) is 3.54. The van der Waals surface area contributed by atoms with Crippen molar-refractivity contribution in [3.63, 3.8) is 0 Å². The second-order valence-electron chi connectivity index (χ2n) is 11.3. The summed E-state index contributed by atoms with van der Waals surface area (Å²) in [4.78, 5) is 0. The molecule has 21 heteroatoms. The first-order valence-electron chi connectivity index (χ1n) is 14.3. The van der Waals surface area contributed by atoms with Gasteiger partial charge in [0.25, 0.3) is 0 Å². The monoisotopic (exact) mass is 786 g/mol. The van der Waals surface area contributed by atoms with Crippen molar-refractivity contribution in [2.45, 2.75) is 6.42 Å². The molecule has 0 bridgehead atoms. The molecule has 0 aromatic heterocycles. The molecule has 1 aliphatic carbocycles. The molecule has 6 aromatic rings. The highest BCUT2D eigenvalue weighted by molar-refractivity contribution is 6.63. The Morgan fingerprint density at radius 1 is 0.370 bits per heavy atom. The lowest BCUT2D eigenvalue weighted by Crippen LogP contribution is -2.48. The molecule has 1 aliphatic rings. The number of hydrogen-bond donors (Lipinski definition) is 0. The molecule has 0 unspecified atom stereocenters. The van der Waals surface area contributed by atoms with E-state index in [2.05, 4.69) is 4.65 Å². The number of rotatable bonds is 5. The summed E-state index contributed by atoms with van der Waals surface area (Å²) in [5.41, 5.74) is -5.22. The van der Waals surface area contributed by atoms with Crippen LogP contribution in [-0.4, -0.2) is 7.12 Å². The Hall–Kier alpha value is -5.76. The molecule has 0 atom stereocenters. The van der Waals surface area contributed by atoms with Gasteiger partial charge in [0, 0.05) is 11.1 Å². The molecule has 2 nitrogen and oxygen atoms in total. The third-order valence-electron chi connectivity index (χ3n) is 8.47. The molecule has 7 rings (SSSR count). The summed E-state index contributed by atoms with van der Waals surface area (Å²) < 4.78 is 278. The van der Waals surface area contributed by atoms with E-state index in [1.165, 1.54) is 0 Å². The van der Waals surface area contributed by atoms with Gasteiger partial charge in [-0.3, -0.25) is 0 Å². The number of benzene rings is 6. The lowest BCUT2D eigenvalue weighted by Gasteiger charge is -2.23. The maximum atomic E-state index is 16.0. The van der Waals surface area contributed by atoms with E-state index in [0.717, 1.165) is 12.1 Å². The molecule has 0 aliphatic heterocycles. The smallest absolute Gasteiger partial charge is 0.519 e. The first-order valence-corrected chi connectivity index (χ1v) is 14.3. The van der Waals surface area contributed by atoms with E-state index in [1.54, 1.807) is 0 Å². The minimum absolute atomic E-state index is 0.319. The number of fused-ring (bicyclic) bond motifs is 5. The topological polar surface area (TPSA) is 18.5 Å². The van der Waals surface area contributed by atoms with Crippen molar-refractivity contribution in [1.29, 1.82) is 0 Å². The van der Waals surface area contributed by atoms with Crippen LogP contribution in [0.4, 0.5) is 79.0 Å². The van der Waals surface area contributed by atoms with Gasteiger partial charge in [0.15, 0.2) is 63.9 Å². The van der Waals surface area contributed by atoms with E-state index in [0.29, 0.717) is 6.07 Å². The molecular weight excluding hydrogens is 781 g/mol. The van der Waals surface area contributed by atoms with Crippen molar-refractivity contribution in [2.75, 3.05) is 0 Å². The molecule has 0 spiro atoms. The minimum Gasteiger partial charge on any atom is -0.519 e. The van der Waals surface area contributed by atoms with Gasteiger partial charge >= 0.3 is 7.12 Å². The highest BCUT2D eigenvalue weighted by Crippen LogP contribution is 2.45. The highest BCUT2D eigenvalue weighted by atomic mass is 19.2. The van der Waals surface area contributed by atoms with Gasteiger partial charge in [-0.15, -0.1) is 0 Å². The van der Waals surface area contributed by atoms with Crippen LogP contribution in [0.3, 0.4) is 0 Å². The van der Waals surface area contributed by atoms with Crippen molar-refractivity contribution >= 4 is 34.1 Å². The third kappa shape index (κ3) is 4.81. The van der Waals surface area contributed by atoms with Crippen LogP contribution in [0.5, 0.6) is 11.5 Å². The van der Waals surface area contributed by atoms with Crippen molar-refractivity contribution in [2.24, 2.45) is 0 Å². The normalized spacial score (nSPS) is 12.2. The molecule has 0 saturated carbocycles. The summed E-state index contributed by atoms with van der Waals surface area (Å²) in [6, 6.07) is 2.69. The number of halogens is 18. The van der Waals surface area contributed by atoms with Gasteiger partial charge in [0.05, 0.1) is 27.0 Å². The highest BCUT2D eigenvalue weighted by Gasteiger charge is 2.45. The summed E-state index contributed by atoms with van der Waals surface area (Å²) in [7, 11) is -3.63. The average molecular weight is 786 g/mol. The molecule has 0 N–H and O–H groups in total. The Labute approximate surface area is 285 Å². The van der Waals surface area contributed by atoms with Gasteiger partial charge in [-0.25, -0.2) is 65.9 Å². The van der Waals surface area contributed by atoms with Crippen LogP contribution in [0.1, 0.15) is 11.1 Å². The summed E-state index contributed by atoms with van der Waals surface area (Å²) >= 11 is 0. The zero-order chi connectivity index (χ0) is 39.6. The van der Waals surface area contributed by atoms with E-state index in [4.69, 9.17) is 4.65 Å². The molecule has 0 fully saturated rings. The second-order valence-corrected chi connectivity index (χ2v) is 11.3. The predicted molar refractivity (Wildman–Crippen MR) is 148 cm³/mol. The van der Waals surface area contributed by atoms with Crippen LogP contribution in [0.2, 0.25) is 0 Å². The van der Waals surface area contributed by atoms with Gasteiger partial charge in [0.2, 0.25) is 34.9 Å². The molecule has 0 radical (unpaired) electrons. The fourth-order valence-electron chi connectivity index (χ4n) is 6.10. The Balaban J connectivity index is 1.60. The first-order chi connectivity index (χ1) is 25.3. The summed E-state index contributed by atoms with van der Waals surface area (Å²) in [5.74, 6) is -53.2. The lowest BCUT2D eigenvalue weighted by molar-refractivity contribution is 0.330. The van der Waals surface area contributed by atoms with Gasteiger partial charge < -0.3 is 9.31 Å². The maximum Gasteiger partial charge on any atom is 0.636 e. The zero-order valence-electron chi connectivity index (χ0n) is 25.1. The Bertz CT molecular complexity index is 2670. The van der Waals surface area contributed by atoms with Crippen molar-refractivity contribution in [3.8, 4) is 22.6 Å². The van der Waals surface area contributed by atoms with Gasteiger partial charge in [-0.05, 0) is 23.6 Å². The number of hydrogen-bond acceptors (Lipinski definition) is 2. The molecule has 0 amide bonds. The van der Waals surface area contributed by atoms with Gasteiger partial charge in [-0.2, -0.15) is 13.2 Å². The van der Waals surface area contributed by atoms with Crippen LogP contribution in [0.15, 0.2) is 18.2 Å². The van der Waals surface area contributed by atoms with E-state index in [1.807, 2.05) is 0 Å². The zero-order valence-corrected chi connectivity index (χ0v) is 25.1. The van der Waals surface area contributed by atoms with Crippen molar-refractivity contribution in [1.82, 2.24) is 0 Å². The van der Waals surface area contributed by atoms with Crippen LogP contribution in [0, 0.1) is 105 Å². The largest absolute Gasteiger partial charge is 0.636 e. The van der Waals surface area contributed by atoms with Crippen LogP contribution in [-0.2, 0) is 6.42 Å². The Morgan fingerprint density at radius 3 is 1.33 bits per heavy atom. The van der Waals surface area contributed by atoms with Crippen LogP contribution in [0.25, 0.3) is 32.7 Å². The van der Waals surface area contributed by atoms with E-state index < -0.39 is 173 Å². The van der Waals surface area contributed by atoms with Crippen LogP contribution < -0.4 is 14.8 Å². The van der Waals surface area contributed by atoms with E-state index >= 15 is 35.1 Å². The SMILES string of the molecule is Fc1cccc2c1-c1c(F)c(F)c(F)c(B(Oc3c(F)c(F)c(F)c(F)c3F)Oc3c(F)c(F)c(F)c4c(F)c5c(F)c(F)c(F)c(F)c5c(F)c34)c1C2. The molecule has 6 aromatic carbocycles. The van der Waals surface area contributed by atoms with Crippen molar-refractivity contribution in [3.05, 3.63) is 134 Å². The quantitative estimate of drug-likeness (QED) is 0.0569. The molecular formula is C33H5BF18O2. The Kier molecular flexibility index (Phi) is 8.41. The van der Waals surface area contributed by atoms with Crippen LogP contribution >= 0.6 is 0 Å². The van der Waals surface area contributed by atoms with Gasteiger partial charge in [0.1, 0.15) is 17.5 Å². The standard InChI is InChI=1S/C33H5BF18O2/c35-7-3-1-2-5-4-6-9(8(5)7)17(38)22(43)21(42)14(6)34(54-33-30(51)27(48)26(47)28(49)31(33)52)53-32-13-12(20(41)25(46)29(32)50)15(36)10-11(16(13)37)19(40)24(45)23(44)18(10)39/h1-3H,4H2. The molecule has 278 valence electrons. The van der Waals surface area contributed by atoms with E-state index in [-0.39, 0.29) is 5.56 Å². The maximum absolute atomic E-state index is 16.0.